The number of carbonyl (C=O) groups excluding carboxylic acids is 1. The Morgan fingerprint density at radius 2 is 1.84 bits per heavy atom. The van der Waals surface area contributed by atoms with Crippen molar-refractivity contribution in [1.29, 1.82) is 0 Å². The molecule has 106 valence electrons. The average Bonchev–Trinajstić information content (AvgIpc) is 2.38. The van der Waals surface area contributed by atoms with Crippen LogP contribution in [0.1, 0.15) is 43.6 Å². The predicted octanol–water partition coefficient (Wildman–Crippen LogP) is 3.31. The van der Waals surface area contributed by atoms with Gasteiger partial charge in [0, 0.05) is 5.56 Å². The van der Waals surface area contributed by atoms with Crippen LogP contribution in [0.4, 0.5) is 0 Å². The predicted molar refractivity (Wildman–Crippen MR) is 79.1 cm³/mol. The minimum Gasteiger partial charge on any atom is -0.497 e. The van der Waals surface area contributed by atoms with Crippen molar-refractivity contribution >= 4 is 5.78 Å². The van der Waals surface area contributed by atoms with Gasteiger partial charge in [-0.3, -0.25) is 9.69 Å². The molecule has 1 rings (SSSR count). The number of ether oxygens (including phenoxy) is 1. The minimum atomic E-state index is -0.483. The van der Waals surface area contributed by atoms with Crippen molar-refractivity contribution in [3.8, 4) is 5.75 Å². The molecule has 3 heteroatoms. The zero-order chi connectivity index (χ0) is 14.6. The normalized spacial score (nSPS) is 11.7. The zero-order valence-corrected chi connectivity index (χ0v) is 12.9. The highest BCUT2D eigenvalue weighted by Crippen LogP contribution is 2.24. The van der Waals surface area contributed by atoms with E-state index in [2.05, 4.69) is 18.7 Å². The SMILES string of the molecule is CCN(CC)C(C)(C)C(=O)c1ccc(OC)cc1C. The molecule has 0 atom stereocenters. The Morgan fingerprint density at radius 3 is 2.26 bits per heavy atom. The summed E-state index contributed by atoms with van der Waals surface area (Å²) in [5, 5.41) is 0. The number of methoxy groups -OCH3 is 1. The van der Waals surface area contributed by atoms with Gasteiger partial charge in [0.1, 0.15) is 5.75 Å². The van der Waals surface area contributed by atoms with Crippen molar-refractivity contribution in [3.05, 3.63) is 29.3 Å². The summed E-state index contributed by atoms with van der Waals surface area (Å²) >= 11 is 0. The third-order valence-corrected chi connectivity index (χ3v) is 3.79. The van der Waals surface area contributed by atoms with Crippen LogP contribution >= 0.6 is 0 Å². The second-order valence-electron chi connectivity index (χ2n) is 5.24. The van der Waals surface area contributed by atoms with Crippen LogP contribution in [0.3, 0.4) is 0 Å². The molecule has 0 bridgehead atoms. The first-order valence-electron chi connectivity index (χ1n) is 6.82. The molecular weight excluding hydrogens is 238 g/mol. The van der Waals surface area contributed by atoms with E-state index in [0.29, 0.717) is 0 Å². The molecule has 0 aliphatic heterocycles. The summed E-state index contributed by atoms with van der Waals surface area (Å²) in [5.74, 6) is 0.950. The summed E-state index contributed by atoms with van der Waals surface area (Å²) in [6.45, 7) is 11.8. The highest BCUT2D eigenvalue weighted by Gasteiger charge is 2.34. The summed E-state index contributed by atoms with van der Waals surface area (Å²) < 4.78 is 5.18. The van der Waals surface area contributed by atoms with Crippen LogP contribution in [-0.2, 0) is 0 Å². The Hall–Kier alpha value is -1.35. The van der Waals surface area contributed by atoms with Crippen LogP contribution in [0.15, 0.2) is 18.2 Å². The summed E-state index contributed by atoms with van der Waals surface area (Å²) in [6.07, 6.45) is 0. The number of likely N-dealkylation sites (N-methyl/N-ethyl adjacent to an activating group) is 1. The lowest BCUT2D eigenvalue weighted by Gasteiger charge is -2.36. The molecule has 0 unspecified atom stereocenters. The van der Waals surface area contributed by atoms with Crippen molar-refractivity contribution in [1.82, 2.24) is 4.90 Å². The lowest BCUT2D eigenvalue weighted by Crippen LogP contribution is -2.50. The van der Waals surface area contributed by atoms with E-state index in [4.69, 9.17) is 4.74 Å². The molecule has 0 N–H and O–H groups in total. The number of nitrogens with zero attached hydrogens (tertiary/aromatic N) is 1. The number of aryl methyl sites for hydroxylation is 1. The van der Waals surface area contributed by atoms with E-state index >= 15 is 0 Å². The van der Waals surface area contributed by atoms with Crippen molar-refractivity contribution in [2.24, 2.45) is 0 Å². The molecule has 3 nitrogen and oxygen atoms in total. The minimum absolute atomic E-state index is 0.163. The molecule has 0 aliphatic rings. The van der Waals surface area contributed by atoms with Gasteiger partial charge in [-0.05, 0) is 57.6 Å². The van der Waals surface area contributed by atoms with E-state index in [1.165, 1.54) is 0 Å². The van der Waals surface area contributed by atoms with Gasteiger partial charge < -0.3 is 4.74 Å². The molecule has 1 aromatic rings. The molecule has 19 heavy (non-hydrogen) atoms. The number of hydrogen-bond donors (Lipinski definition) is 0. The summed E-state index contributed by atoms with van der Waals surface area (Å²) in [7, 11) is 1.64. The number of rotatable bonds is 6. The first kappa shape index (κ1) is 15.7. The van der Waals surface area contributed by atoms with Crippen LogP contribution in [0.25, 0.3) is 0 Å². The standard InChI is InChI=1S/C16H25NO2/c1-7-17(8-2)16(4,5)15(18)14-10-9-13(19-6)11-12(14)3/h9-11H,7-8H2,1-6H3. The van der Waals surface area contributed by atoms with Crippen molar-refractivity contribution < 1.29 is 9.53 Å². The van der Waals surface area contributed by atoms with E-state index in [-0.39, 0.29) is 5.78 Å². The van der Waals surface area contributed by atoms with Crippen LogP contribution in [0, 0.1) is 6.92 Å². The average molecular weight is 263 g/mol. The first-order valence-corrected chi connectivity index (χ1v) is 6.82. The van der Waals surface area contributed by atoms with Gasteiger partial charge in [-0.1, -0.05) is 13.8 Å². The molecule has 0 fully saturated rings. The Balaban J connectivity index is 3.12. The van der Waals surface area contributed by atoms with Gasteiger partial charge in [-0.2, -0.15) is 0 Å². The number of benzene rings is 1. The maximum Gasteiger partial charge on any atom is 0.182 e. The summed E-state index contributed by atoms with van der Waals surface area (Å²) in [5.41, 5.74) is 1.25. The van der Waals surface area contributed by atoms with Gasteiger partial charge in [0.15, 0.2) is 5.78 Å². The quantitative estimate of drug-likeness (QED) is 0.737. The van der Waals surface area contributed by atoms with Gasteiger partial charge in [0.2, 0.25) is 0 Å². The van der Waals surface area contributed by atoms with Crippen molar-refractivity contribution in [2.75, 3.05) is 20.2 Å². The van der Waals surface area contributed by atoms with Gasteiger partial charge in [-0.25, -0.2) is 0 Å². The van der Waals surface area contributed by atoms with Gasteiger partial charge in [0.05, 0.1) is 12.6 Å². The van der Waals surface area contributed by atoms with Crippen LogP contribution in [0.5, 0.6) is 5.75 Å². The maximum atomic E-state index is 12.8. The monoisotopic (exact) mass is 263 g/mol. The van der Waals surface area contributed by atoms with E-state index in [9.17, 15) is 4.79 Å². The molecule has 0 spiro atoms. The Morgan fingerprint density at radius 1 is 1.26 bits per heavy atom. The molecule has 0 saturated heterocycles. The summed E-state index contributed by atoms with van der Waals surface area (Å²) in [6, 6.07) is 5.62. The number of Topliss-reactive ketones (excluding diaryl/α,β-unsaturated/α-hetero) is 1. The molecule has 0 radical (unpaired) electrons. The molecule has 0 aromatic heterocycles. The smallest absolute Gasteiger partial charge is 0.182 e. The third kappa shape index (κ3) is 3.16. The van der Waals surface area contributed by atoms with Gasteiger partial charge >= 0.3 is 0 Å². The fraction of sp³-hybridized carbons (Fsp3) is 0.562. The van der Waals surface area contributed by atoms with E-state index < -0.39 is 5.54 Å². The zero-order valence-electron chi connectivity index (χ0n) is 12.9. The highest BCUT2D eigenvalue weighted by molar-refractivity contribution is 6.03. The largest absolute Gasteiger partial charge is 0.497 e. The number of hydrogen-bond acceptors (Lipinski definition) is 3. The lowest BCUT2D eigenvalue weighted by molar-refractivity contribution is 0.0668. The Labute approximate surface area is 116 Å². The van der Waals surface area contributed by atoms with Crippen molar-refractivity contribution in [2.45, 2.75) is 40.2 Å². The Bertz CT molecular complexity index is 448. The van der Waals surface area contributed by atoms with E-state index in [1.807, 2.05) is 39.0 Å². The molecule has 0 amide bonds. The lowest BCUT2D eigenvalue weighted by atomic mass is 9.89. The van der Waals surface area contributed by atoms with E-state index in [1.54, 1.807) is 7.11 Å². The van der Waals surface area contributed by atoms with Crippen LogP contribution in [-0.4, -0.2) is 36.4 Å². The second-order valence-corrected chi connectivity index (χ2v) is 5.24. The molecule has 0 aliphatic carbocycles. The highest BCUT2D eigenvalue weighted by atomic mass is 16.5. The number of carbonyl (C=O) groups is 1. The molecular formula is C16H25NO2. The summed E-state index contributed by atoms with van der Waals surface area (Å²) in [4.78, 5) is 14.9. The van der Waals surface area contributed by atoms with Crippen LogP contribution < -0.4 is 4.74 Å². The topological polar surface area (TPSA) is 29.5 Å². The Kier molecular flexibility index (Phi) is 5.12. The molecule has 1 aromatic carbocycles. The van der Waals surface area contributed by atoms with E-state index in [0.717, 1.165) is 30.0 Å². The molecule has 0 saturated carbocycles. The van der Waals surface area contributed by atoms with Crippen LogP contribution in [0.2, 0.25) is 0 Å². The fourth-order valence-corrected chi connectivity index (χ4v) is 2.51. The van der Waals surface area contributed by atoms with Gasteiger partial charge in [-0.15, -0.1) is 0 Å². The number of ketones is 1. The first-order chi connectivity index (χ1) is 8.88. The molecule has 0 heterocycles. The van der Waals surface area contributed by atoms with Gasteiger partial charge in [0.25, 0.3) is 0 Å². The second kappa shape index (κ2) is 6.20. The maximum absolute atomic E-state index is 12.8. The third-order valence-electron chi connectivity index (χ3n) is 3.79. The fourth-order valence-electron chi connectivity index (χ4n) is 2.51. The van der Waals surface area contributed by atoms with Crippen molar-refractivity contribution in [3.63, 3.8) is 0 Å².